The van der Waals surface area contributed by atoms with Crippen LogP contribution in [0.5, 0.6) is 0 Å². The van der Waals surface area contributed by atoms with Crippen molar-refractivity contribution in [1.82, 2.24) is 19.6 Å². The minimum absolute atomic E-state index is 0.0390. The van der Waals surface area contributed by atoms with Gasteiger partial charge in [-0.05, 0) is 12.3 Å². The highest BCUT2D eigenvalue weighted by Gasteiger charge is 2.36. The van der Waals surface area contributed by atoms with Crippen LogP contribution in [0.2, 0.25) is 0 Å². The molecular formula is C16H19F3N4O3. The van der Waals surface area contributed by atoms with E-state index in [2.05, 4.69) is 10.1 Å². The summed E-state index contributed by atoms with van der Waals surface area (Å²) in [5.41, 5.74) is -0.691. The average molecular weight is 372 g/mol. The molecule has 1 atom stereocenters. The second kappa shape index (κ2) is 7.10. The first kappa shape index (κ1) is 18.4. The lowest BCUT2D eigenvalue weighted by molar-refractivity contribution is -0.141. The quantitative estimate of drug-likeness (QED) is 0.806. The summed E-state index contributed by atoms with van der Waals surface area (Å²) in [5, 5.41) is 3.73. The van der Waals surface area contributed by atoms with E-state index in [0.717, 1.165) is 6.20 Å². The summed E-state index contributed by atoms with van der Waals surface area (Å²) in [7, 11) is 3.14. The first-order valence-corrected chi connectivity index (χ1v) is 8.11. The van der Waals surface area contributed by atoms with Gasteiger partial charge < -0.3 is 18.7 Å². The lowest BCUT2D eigenvalue weighted by Gasteiger charge is -2.27. The molecule has 3 heterocycles. The van der Waals surface area contributed by atoms with Crippen molar-refractivity contribution in [3.8, 4) is 0 Å². The third kappa shape index (κ3) is 3.90. The van der Waals surface area contributed by atoms with Crippen LogP contribution in [0.4, 0.5) is 13.2 Å². The van der Waals surface area contributed by atoms with Crippen LogP contribution in [0, 0.1) is 5.92 Å². The van der Waals surface area contributed by atoms with Crippen molar-refractivity contribution in [1.29, 1.82) is 0 Å². The van der Waals surface area contributed by atoms with Crippen LogP contribution in [-0.4, -0.2) is 46.2 Å². The highest BCUT2D eigenvalue weighted by atomic mass is 19.4. The fourth-order valence-electron chi connectivity index (χ4n) is 3.09. The second-order valence-electron chi connectivity index (χ2n) is 6.39. The summed E-state index contributed by atoms with van der Waals surface area (Å²) in [4.78, 5) is 17.6. The molecule has 1 aliphatic rings. The Hall–Kier alpha value is -2.36. The highest BCUT2D eigenvalue weighted by Crippen LogP contribution is 2.30. The van der Waals surface area contributed by atoms with Crippen LogP contribution in [0.25, 0.3) is 0 Å². The standard InChI is InChI=1S/C16H19F3N4O3/c1-22(15(24)12-5-11(9-25-2)26-21-12)6-10-3-4-14-20-13(16(17,18)19)8-23(14)7-10/h5,8,10H,3-4,6-7,9H2,1-2H3. The number of alkyl halides is 3. The molecule has 0 radical (unpaired) electrons. The molecule has 0 saturated carbocycles. The molecule has 1 aliphatic heterocycles. The van der Waals surface area contributed by atoms with E-state index in [-0.39, 0.29) is 24.1 Å². The number of amides is 1. The second-order valence-corrected chi connectivity index (χ2v) is 6.39. The lowest BCUT2D eigenvalue weighted by atomic mass is 9.99. The number of imidazole rings is 1. The molecule has 26 heavy (non-hydrogen) atoms. The van der Waals surface area contributed by atoms with E-state index in [0.29, 0.717) is 37.5 Å². The van der Waals surface area contributed by atoms with Gasteiger partial charge in [-0.2, -0.15) is 13.2 Å². The summed E-state index contributed by atoms with van der Waals surface area (Å²) >= 11 is 0. The Balaban J connectivity index is 1.62. The molecule has 0 N–H and O–H groups in total. The van der Waals surface area contributed by atoms with Crippen LogP contribution in [-0.2, 0) is 30.5 Å². The van der Waals surface area contributed by atoms with Gasteiger partial charge in [0.25, 0.3) is 5.91 Å². The Kier molecular flexibility index (Phi) is 5.03. The number of nitrogens with zero attached hydrogens (tertiary/aromatic N) is 4. The number of methoxy groups -OCH3 is 1. The van der Waals surface area contributed by atoms with Crippen molar-refractivity contribution in [2.75, 3.05) is 20.7 Å². The third-order valence-corrected chi connectivity index (χ3v) is 4.32. The maximum Gasteiger partial charge on any atom is 0.434 e. The number of fused-ring (bicyclic) bond motifs is 1. The molecule has 0 bridgehead atoms. The zero-order valence-electron chi connectivity index (χ0n) is 14.4. The predicted molar refractivity (Wildman–Crippen MR) is 83.2 cm³/mol. The maximum absolute atomic E-state index is 12.8. The fourth-order valence-corrected chi connectivity index (χ4v) is 3.09. The van der Waals surface area contributed by atoms with Gasteiger partial charge in [0.05, 0.1) is 0 Å². The van der Waals surface area contributed by atoms with Gasteiger partial charge in [0.15, 0.2) is 17.1 Å². The molecular weight excluding hydrogens is 353 g/mol. The Morgan fingerprint density at radius 2 is 2.27 bits per heavy atom. The summed E-state index contributed by atoms with van der Waals surface area (Å²) in [6, 6.07) is 1.52. The molecule has 0 saturated heterocycles. The van der Waals surface area contributed by atoms with Gasteiger partial charge in [0, 0.05) is 45.9 Å². The number of halogens is 3. The number of aryl methyl sites for hydroxylation is 1. The summed E-state index contributed by atoms with van der Waals surface area (Å²) in [5.74, 6) is 0.619. The normalized spacial score (nSPS) is 17.2. The zero-order valence-corrected chi connectivity index (χ0v) is 14.4. The minimum atomic E-state index is -4.44. The largest absolute Gasteiger partial charge is 0.434 e. The van der Waals surface area contributed by atoms with Gasteiger partial charge in [-0.3, -0.25) is 4.79 Å². The number of aromatic nitrogens is 3. The van der Waals surface area contributed by atoms with E-state index < -0.39 is 11.9 Å². The molecule has 2 aromatic rings. The van der Waals surface area contributed by atoms with Crippen LogP contribution in [0.15, 0.2) is 16.8 Å². The van der Waals surface area contributed by atoms with Crippen LogP contribution < -0.4 is 0 Å². The number of ether oxygens (including phenoxy) is 1. The van der Waals surface area contributed by atoms with Crippen molar-refractivity contribution in [3.05, 3.63) is 35.2 Å². The molecule has 1 amide bonds. The molecule has 2 aromatic heterocycles. The van der Waals surface area contributed by atoms with Crippen LogP contribution in [0.1, 0.15) is 34.2 Å². The van der Waals surface area contributed by atoms with Gasteiger partial charge in [0.2, 0.25) is 0 Å². The smallest absolute Gasteiger partial charge is 0.377 e. The Morgan fingerprint density at radius 1 is 1.50 bits per heavy atom. The maximum atomic E-state index is 12.8. The predicted octanol–water partition coefficient (Wildman–Crippen LogP) is 2.37. The molecule has 7 nitrogen and oxygen atoms in total. The van der Waals surface area contributed by atoms with Gasteiger partial charge >= 0.3 is 6.18 Å². The topological polar surface area (TPSA) is 73.4 Å². The molecule has 3 rings (SSSR count). The van der Waals surface area contributed by atoms with E-state index in [1.165, 1.54) is 22.6 Å². The average Bonchev–Trinajstić information content (AvgIpc) is 3.20. The SMILES string of the molecule is COCc1cc(C(=O)N(C)CC2CCc3nc(C(F)(F)F)cn3C2)no1. The summed E-state index contributed by atoms with van der Waals surface area (Å²) < 4.78 is 49.8. The molecule has 0 aromatic carbocycles. The number of rotatable bonds is 5. The van der Waals surface area contributed by atoms with Crippen LogP contribution in [0.3, 0.4) is 0 Å². The van der Waals surface area contributed by atoms with Crippen molar-refractivity contribution in [3.63, 3.8) is 0 Å². The van der Waals surface area contributed by atoms with Crippen molar-refractivity contribution in [2.24, 2.45) is 5.92 Å². The summed E-state index contributed by atoms with van der Waals surface area (Å²) in [6.45, 7) is 1.02. The van der Waals surface area contributed by atoms with Gasteiger partial charge in [-0.1, -0.05) is 5.16 Å². The lowest BCUT2D eigenvalue weighted by Crippen LogP contribution is -2.35. The van der Waals surface area contributed by atoms with Gasteiger partial charge in [-0.25, -0.2) is 4.98 Å². The number of hydrogen-bond donors (Lipinski definition) is 0. The Labute approximate surface area is 147 Å². The van der Waals surface area contributed by atoms with Crippen LogP contribution >= 0.6 is 0 Å². The van der Waals surface area contributed by atoms with Gasteiger partial charge in [0.1, 0.15) is 12.4 Å². The van der Waals surface area contributed by atoms with Crippen molar-refractivity contribution in [2.45, 2.75) is 32.2 Å². The van der Waals surface area contributed by atoms with E-state index in [9.17, 15) is 18.0 Å². The monoisotopic (exact) mass is 372 g/mol. The molecule has 1 unspecified atom stereocenters. The molecule has 0 aliphatic carbocycles. The van der Waals surface area contributed by atoms with Crippen molar-refractivity contribution >= 4 is 5.91 Å². The van der Waals surface area contributed by atoms with E-state index in [4.69, 9.17) is 9.26 Å². The van der Waals surface area contributed by atoms with E-state index in [1.54, 1.807) is 7.05 Å². The fraction of sp³-hybridized carbons (Fsp3) is 0.562. The molecule has 142 valence electrons. The molecule has 0 fully saturated rings. The molecule has 0 spiro atoms. The Bertz CT molecular complexity index is 784. The van der Waals surface area contributed by atoms with E-state index >= 15 is 0 Å². The highest BCUT2D eigenvalue weighted by molar-refractivity contribution is 5.92. The first-order valence-electron chi connectivity index (χ1n) is 8.11. The number of hydrogen-bond acceptors (Lipinski definition) is 5. The number of carbonyl (C=O) groups excluding carboxylic acids is 1. The summed E-state index contributed by atoms with van der Waals surface area (Å²) in [6.07, 6.45) is -2.29. The number of carbonyl (C=O) groups is 1. The van der Waals surface area contributed by atoms with Crippen molar-refractivity contribution < 1.29 is 27.2 Å². The van der Waals surface area contributed by atoms with E-state index in [1.807, 2.05) is 0 Å². The third-order valence-electron chi connectivity index (χ3n) is 4.32. The molecule has 10 heteroatoms. The minimum Gasteiger partial charge on any atom is -0.377 e. The Morgan fingerprint density at radius 3 is 2.96 bits per heavy atom. The van der Waals surface area contributed by atoms with Gasteiger partial charge in [-0.15, -0.1) is 0 Å². The first-order chi connectivity index (χ1) is 12.3. The zero-order chi connectivity index (χ0) is 18.9.